The van der Waals surface area contributed by atoms with Crippen LogP contribution in [-0.4, -0.2) is 18.0 Å². The van der Waals surface area contributed by atoms with Gasteiger partial charge in [-0.05, 0) is 56.2 Å². The van der Waals surface area contributed by atoms with Gasteiger partial charge in [0, 0.05) is 5.69 Å². The molecule has 124 valence electrons. The van der Waals surface area contributed by atoms with Crippen molar-refractivity contribution in [3.8, 4) is 11.5 Å². The number of hydrogen-bond donors (Lipinski definition) is 1. The SMILES string of the molecule is C[C@H](OC(=O)C1CC1)C(=O)Nc1ccc(Oc2ccccc2)cc1. The average molecular weight is 325 g/mol. The molecule has 2 aromatic rings. The zero-order valence-electron chi connectivity index (χ0n) is 13.4. The fourth-order valence-corrected chi connectivity index (χ4v) is 2.12. The number of benzene rings is 2. The number of carbonyl (C=O) groups is 2. The molecule has 1 saturated carbocycles. The number of amides is 1. The molecule has 1 amide bonds. The molecule has 1 N–H and O–H groups in total. The maximum atomic E-state index is 12.0. The van der Waals surface area contributed by atoms with Crippen LogP contribution in [0.3, 0.4) is 0 Å². The second-order valence-corrected chi connectivity index (χ2v) is 5.78. The van der Waals surface area contributed by atoms with Crippen molar-refractivity contribution >= 4 is 17.6 Å². The minimum Gasteiger partial charge on any atom is -0.457 e. The van der Waals surface area contributed by atoms with Gasteiger partial charge in [0.25, 0.3) is 5.91 Å². The van der Waals surface area contributed by atoms with E-state index >= 15 is 0 Å². The van der Waals surface area contributed by atoms with E-state index in [1.807, 2.05) is 30.3 Å². The number of nitrogens with one attached hydrogen (secondary N) is 1. The molecule has 1 atom stereocenters. The molecule has 1 fully saturated rings. The minimum atomic E-state index is -0.807. The zero-order valence-corrected chi connectivity index (χ0v) is 13.4. The molecule has 0 heterocycles. The van der Waals surface area contributed by atoms with E-state index in [0.717, 1.165) is 18.6 Å². The molecule has 0 bridgehead atoms. The van der Waals surface area contributed by atoms with Crippen LogP contribution in [0, 0.1) is 5.92 Å². The summed E-state index contributed by atoms with van der Waals surface area (Å²) in [4.78, 5) is 23.6. The van der Waals surface area contributed by atoms with Crippen LogP contribution in [0.1, 0.15) is 19.8 Å². The second kappa shape index (κ2) is 7.17. The Kier molecular flexibility index (Phi) is 4.79. The first kappa shape index (κ1) is 16.1. The minimum absolute atomic E-state index is 0.0188. The number of hydrogen-bond acceptors (Lipinski definition) is 4. The molecule has 2 aromatic carbocycles. The van der Waals surface area contributed by atoms with Gasteiger partial charge in [-0.3, -0.25) is 9.59 Å². The summed E-state index contributed by atoms with van der Waals surface area (Å²) in [6.45, 7) is 1.57. The van der Waals surface area contributed by atoms with Gasteiger partial charge in [0.05, 0.1) is 5.92 Å². The van der Waals surface area contributed by atoms with Crippen molar-refractivity contribution in [3.05, 3.63) is 54.6 Å². The summed E-state index contributed by atoms with van der Waals surface area (Å²) in [7, 11) is 0. The topological polar surface area (TPSA) is 64.6 Å². The molecule has 0 radical (unpaired) electrons. The second-order valence-electron chi connectivity index (χ2n) is 5.78. The Bertz CT molecular complexity index is 708. The number of carbonyl (C=O) groups excluding carboxylic acids is 2. The summed E-state index contributed by atoms with van der Waals surface area (Å²) in [6.07, 6.45) is 0.907. The van der Waals surface area contributed by atoms with Gasteiger partial charge in [0.15, 0.2) is 6.10 Å². The highest BCUT2D eigenvalue weighted by Crippen LogP contribution is 2.30. The Morgan fingerprint density at radius 3 is 2.25 bits per heavy atom. The van der Waals surface area contributed by atoms with Crippen molar-refractivity contribution < 1.29 is 19.1 Å². The molecule has 5 heteroatoms. The Hall–Kier alpha value is -2.82. The summed E-state index contributed by atoms with van der Waals surface area (Å²) in [5.74, 6) is 0.766. The average Bonchev–Trinajstić information content (AvgIpc) is 3.42. The lowest BCUT2D eigenvalue weighted by Crippen LogP contribution is -2.30. The first-order chi connectivity index (χ1) is 11.6. The first-order valence-corrected chi connectivity index (χ1v) is 7.96. The van der Waals surface area contributed by atoms with Crippen LogP contribution in [0.4, 0.5) is 5.69 Å². The van der Waals surface area contributed by atoms with Crippen LogP contribution in [0.5, 0.6) is 11.5 Å². The Morgan fingerprint density at radius 1 is 1.00 bits per heavy atom. The Labute approximate surface area is 140 Å². The van der Waals surface area contributed by atoms with Gasteiger partial charge in [-0.25, -0.2) is 0 Å². The quantitative estimate of drug-likeness (QED) is 0.821. The van der Waals surface area contributed by atoms with Crippen LogP contribution in [0.15, 0.2) is 54.6 Å². The van der Waals surface area contributed by atoms with Crippen LogP contribution in [0.2, 0.25) is 0 Å². The van der Waals surface area contributed by atoms with E-state index in [4.69, 9.17) is 9.47 Å². The molecule has 0 saturated heterocycles. The van der Waals surface area contributed by atoms with Crippen molar-refractivity contribution in [2.75, 3.05) is 5.32 Å². The van der Waals surface area contributed by atoms with E-state index in [-0.39, 0.29) is 17.8 Å². The lowest BCUT2D eigenvalue weighted by molar-refractivity contribution is -0.154. The number of anilines is 1. The van der Waals surface area contributed by atoms with Crippen molar-refractivity contribution in [1.29, 1.82) is 0 Å². The van der Waals surface area contributed by atoms with Crippen LogP contribution >= 0.6 is 0 Å². The number of rotatable bonds is 6. The monoisotopic (exact) mass is 325 g/mol. The molecule has 24 heavy (non-hydrogen) atoms. The molecule has 3 rings (SSSR count). The molecule has 0 aliphatic heterocycles. The van der Waals surface area contributed by atoms with E-state index in [0.29, 0.717) is 11.4 Å². The predicted molar refractivity (Wildman–Crippen MR) is 89.9 cm³/mol. The summed E-state index contributed by atoms with van der Waals surface area (Å²) in [6, 6.07) is 16.5. The molecule has 0 aromatic heterocycles. The molecular weight excluding hydrogens is 306 g/mol. The Morgan fingerprint density at radius 2 is 1.62 bits per heavy atom. The van der Waals surface area contributed by atoms with E-state index in [1.54, 1.807) is 31.2 Å². The summed E-state index contributed by atoms with van der Waals surface area (Å²) in [5.41, 5.74) is 0.620. The predicted octanol–water partition coefficient (Wildman–Crippen LogP) is 3.76. The molecule has 1 aliphatic carbocycles. The van der Waals surface area contributed by atoms with Crippen LogP contribution in [0.25, 0.3) is 0 Å². The third-order valence-electron chi connectivity index (χ3n) is 3.67. The fourth-order valence-electron chi connectivity index (χ4n) is 2.12. The Balaban J connectivity index is 1.53. The molecular formula is C19H19NO4. The molecule has 1 aliphatic rings. The van der Waals surface area contributed by atoms with Gasteiger partial charge >= 0.3 is 5.97 Å². The lowest BCUT2D eigenvalue weighted by Gasteiger charge is -2.13. The molecule has 0 spiro atoms. The van der Waals surface area contributed by atoms with Gasteiger partial charge in [-0.2, -0.15) is 0 Å². The third-order valence-corrected chi connectivity index (χ3v) is 3.67. The summed E-state index contributed by atoms with van der Waals surface area (Å²) < 4.78 is 10.8. The largest absolute Gasteiger partial charge is 0.457 e. The normalized spacial score (nSPS) is 14.5. The maximum absolute atomic E-state index is 12.0. The van der Waals surface area contributed by atoms with E-state index in [1.165, 1.54) is 0 Å². The highest BCUT2D eigenvalue weighted by molar-refractivity contribution is 5.95. The maximum Gasteiger partial charge on any atom is 0.309 e. The van der Waals surface area contributed by atoms with E-state index in [9.17, 15) is 9.59 Å². The summed E-state index contributed by atoms with van der Waals surface area (Å²) in [5, 5.41) is 2.73. The number of esters is 1. The highest BCUT2D eigenvalue weighted by Gasteiger charge is 2.33. The fraction of sp³-hybridized carbons (Fsp3) is 0.263. The third kappa shape index (κ3) is 4.35. The highest BCUT2D eigenvalue weighted by atomic mass is 16.5. The lowest BCUT2D eigenvalue weighted by atomic mass is 10.2. The standard InChI is InChI=1S/C19H19NO4/c1-13(23-19(22)14-7-8-14)18(21)20-15-9-11-17(12-10-15)24-16-5-3-2-4-6-16/h2-6,9-14H,7-8H2,1H3,(H,20,21)/t13-/m0/s1. The first-order valence-electron chi connectivity index (χ1n) is 7.96. The number of ether oxygens (including phenoxy) is 2. The molecule has 5 nitrogen and oxygen atoms in total. The summed E-state index contributed by atoms with van der Waals surface area (Å²) >= 11 is 0. The number of para-hydroxylation sites is 1. The van der Waals surface area contributed by atoms with Gasteiger partial charge in [0.1, 0.15) is 11.5 Å². The molecule has 0 unspecified atom stereocenters. The van der Waals surface area contributed by atoms with Crippen LogP contribution < -0.4 is 10.1 Å². The van der Waals surface area contributed by atoms with Gasteiger partial charge in [-0.15, -0.1) is 0 Å². The van der Waals surface area contributed by atoms with Crippen molar-refractivity contribution in [3.63, 3.8) is 0 Å². The van der Waals surface area contributed by atoms with Crippen molar-refractivity contribution in [2.45, 2.75) is 25.9 Å². The van der Waals surface area contributed by atoms with Crippen molar-refractivity contribution in [1.82, 2.24) is 0 Å². The van der Waals surface area contributed by atoms with Gasteiger partial charge in [-0.1, -0.05) is 18.2 Å². The van der Waals surface area contributed by atoms with Gasteiger partial charge in [0.2, 0.25) is 0 Å². The van der Waals surface area contributed by atoms with E-state index in [2.05, 4.69) is 5.32 Å². The zero-order chi connectivity index (χ0) is 16.9. The van der Waals surface area contributed by atoms with Crippen molar-refractivity contribution in [2.24, 2.45) is 5.92 Å². The van der Waals surface area contributed by atoms with E-state index < -0.39 is 6.10 Å². The van der Waals surface area contributed by atoms with Crippen LogP contribution in [-0.2, 0) is 14.3 Å². The smallest absolute Gasteiger partial charge is 0.309 e. The van der Waals surface area contributed by atoms with Gasteiger partial charge < -0.3 is 14.8 Å².